The highest BCUT2D eigenvalue weighted by Crippen LogP contribution is 2.53. The minimum Gasteiger partial charge on any atom is -0.0654 e. The Morgan fingerprint density at radius 3 is 2.00 bits per heavy atom. The molecule has 1 aliphatic rings. The van der Waals surface area contributed by atoms with Crippen molar-refractivity contribution < 1.29 is 0 Å². The van der Waals surface area contributed by atoms with Crippen molar-refractivity contribution in [2.24, 2.45) is 16.7 Å². The summed E-state index contributed by atoms with van der Waals surface area (Å²) in [4.78, 5) is 0. The standard InChI is InChI=1S/C22H44/c1-6-7-8-9-10-11-12-15-18-22(5)19-16-13-14-17-20(2)21(22,3)4/h20H,6-19H2,1-5H3. The van der Waals surface area contributed by atoms with Crippen LogP contribution in [0.1, 0.15) is 125 Å². The van der Waals surface area contributed by atoms with Crippen LogP contribution >= 0.6 is 0 Å². The van der Waals surface area contributed by atoms with Crippen LogP contribution in [0.25, 0.3) is 0 Å². The van der Waals surface area contributed by atoms with Crippen LogP contribution in [0.15, 0.2) is 0 Å². The first-order valence-corrected chi connectivity index (χ1v) is 10.4. The van der Waals surface area contributed by atoms with E-state index in [4.69, 9.17) is 0 Å². The average Bonchev–Trinajstić information content (AvgIpc) is 2.48. The summed E-state index contributed by atoms with van der Waals surface area (Å²) in [6, 6.07) is 0. The maximum Gasteiger partial charge on any atom is -0.0272 e. The highest BCUT2D eigenvalue weighted by atomic mass is 14.5. The van der Waals surface area contributed by atoms with Gasteiger partial charge in [-0.25, -0.2) is 0 Å². The van der Waals surface area contributed by atoms with Crippen LogP contribution in [0.4, 0.5) is 0 Å². The second kappa shape index (κ2) is 9.99. The van der Waals surface area contributed by atoms with Crippen LogP contribution < -0.4 is 0 Å². The Morgan fingerprint density at radius 2 is 1.36 bits per heavy atom. The summed E-state index contributed by atoms with van der Waals surface area (Å²) in [5, 5.41) is 0. The van der Waals surface area contributed by atoms with Crippen molar-refractivity contribution >= 4 is 0 Å². The molecular weight excluding hydrogens is 264 g/mol. The molecule has 2 atom stereocenters. The molecule has 1 aliphatic carbocycles. The molecule has 0 nitrogen and oxygen atoms in total. The minimum atomic E-state index is 0.508. The van der Waals surface area contributed by atoms with Gasteiger partial charge in [0.2, 0.25) is 0 Å². The lowest BCUT2D eigenvalue weighted by molar-refractivity contribution is -0.00190. The molecule has 0 radical (unpaired) electrons. The molecule has 0 aromatic rings. The van der Waals surface area contributed by atoms with Gasteiger partial charge in [0.25, 0.3) is 0 Å². The first-order valence-electron chi connectivity index (χ1n) is 10.4. The number of hydrogen-bond acceptors (Lipinski definition) is 0. The lowest BCUT2D eigenvalue weighted by atomic mass is 9.55. The molecule has 2 unspecified atom stereocenters. The zero-order valence-corrected chi connectivity index (χ0v) is 16.5. The Labute approximate surface area is 141 Å². The summed E-state index contributed by atoms with van der Waals surface area (Å²) in [6.45, 7) is 12.5. The van der Waals surface area contributed by atoms with E-state index in [1.165, 1.54) is 89.9 Å². The third kappa shape index (κ3) is 5.89. The van der Waals surface area contributed by atoms with Crippen LogP contribution in [0.2, 0.25) is 0 Å². The second-order valence-corrected chi connectivity index (χ2v) is 9.01. The number of rotatable bonds is 9. The van der Waals surface area contributed by atoms with Crippen molar-refractivity contribution in [3.05, 3.63) is 0 Å². The molecule has 1 fully saturated rings. The Morgan fingerprint density at radius 1 is 0.773 bits per heavy atom. The summed E-state index contributed by atoms with van der Waals surface area (Å²) in [5.74, 6) is 0.881. The van der Waals surface area contributed by atoms with E-state index in [-0.39, 0.29) is 0 Å². The molecule has 0 heterocycles. The zero-order chi connectivity index (χ0) is 16.5. The van der Waals surface area contributed by atoms with Gasteiger partial charge in [-0.1, -0.05) is 112 Å². The molecule has 0 heteroatoms. The molecule has 0 spiro atoms. The Bertz CT molecular complexity index is 278. The fourth-order valence-electron chi connectivity index (χ4n) is 4.52. The first-order chi connectivity index (χ1) is 10.4. The third-order valence-electron chi connectivity index (χ3n) is 7.24. The molecule has 22 heavy (non-hydrogen) atoms. The van der Waals surface area contributed by atoms with Crippen molar-refractivity contribution in [3.63, 3.8) is 0 Å². The smallest absolute Gasteiger partial charge is 0.0272 e. The fraction of sp³-hybridized carbons (Fsp3) is 1.00. The second-order valence-electron chi connectivity index (χ2n) is 9.01. The van der Waals surface area contributed by atoms with E-state index < -0.39 is 0 Å². The zero-order valence-electron chi connectivity index (χ0n) is 16.5. The number of hydrogen-bond donors (Lipinski definition) is 0. The van der Waals surface area contributed by atoms with Crippen molar-refractivity contribution in [1.82, 2.24) is 0 Å². The molecule has 0 bridgehead atoms. The van der Waals surface area contributed by atoms with Gasteiger partial charge in [0.15, 0.2) is 0 Å². The van der Waals surface area contributed by atoms with Crippen LogP contribution in [0, 0.1) is 16.7 Å². The van der Waals surface area contributed by atoms with Gasteiger partial charge in [-0.3, -0.25) is 0 Å². The van der Waals surface area contributed by atoms with E-state index in [0.29, 0.717) is 10.8 Å². The van der Waals surface area contributed by atoms with Gasteiger partial charge in [-0.15, -0.1) is 0 Å². The Hall–Kier alpha value is 0. The normalized spacial score (nSPS) is 29.0. The van der Waals surface area contributed by atoms with Crippen molar-refractivity contribution in [3.8, 4) is 0 Å². The van der Waals surface area contributed by atoms with Crippen molar-refractivity contribution in [2.45, 2.75) is 125 Å². The summed E-state index contributed by atoms with van der Waals surface area (Å²) in [7, 11) is 0. The van der Waals surface area contributed by atoms with Crippen molar-refractivity contribution in [2.75, 3.05) is 0 Å². The van der Waals surface area contributed by atoms with E-state index in [1.54, 1.807) is 0 Å². The van der Waals surface area contributed by atoms with Crippen LogP contribution in [0.3, 0.4) is 0 Å². The lowest BCUT2D eigenvalue weighted by Gasteiger charge is -2.50. The molecule has 0 saturated heterocycles. The van der Waals surface area contributed by atoms with Crippen molar-refractivity contribution in [1.29, 1.82) is 0 Å². The summed E-state index contributed by atoms with van der Waals surface area (Å²) >= 11 is 0. The van der Waals surface area contributed by atoms with E-state index in [2.05, 4.69) is 34.6 Å². The fourth-order valence-corrected chi connectivity index (χ4v) is 4.52. The van der Waals surface area contributed by atoms with Gasteiger partial charge in [-0.2, -0.15) is 0 Å². The summed E-state index contributed by atoms with van der Waals surface area (Å²) in [5.41, 5.74) is 1.07. The van der Waals surface area contributed by atoms with E-state index in [1.807, 2.05) is 0 Å². The predicted molar refractivity (Wildman–Crippen MR) is 101 cm³/mol. The molecule has 0 amide bonds. The molecule has 1 saturated carbocycles. The van der Waals surface area contributed by atoms with Gasteiger partial charge >= 0.3 is 0 Å². The first kappa shape index (κ1) is 20.0. The largest absolute Gasteiger partial charge is 0.0654 e. The molecule has 0 aliphatic heterocycles. The molecule has 0 N–H and O–H groups in total. The Kier molecular flexibility index (Phi) is 9.10. The predicted octanol–water partition coefficient (Wildman–Crippen LogP) is 8.15. The topological polar surface area (TPSA) is 0 Å². The third-order valence-corrected chi connectivity index (χ3v) is 7.24. The van der Waals surface area contributed by atoms with Gasteiger partial charge in [0, 0.05) is 0 Å². The summed E-state index contributed by atoms with van der Waals surface area (Å²) in [6.07, 6.45) is 20.3. The SMILES string of the molecule is CCCCCCCCCCC1(C)CCCCCC(C)C1(C)C. The van der Waals surface area contributed by atoms with Gasteiger partial charge in [-0.05, 0) is 29.6 Å². The van der Waals surface area contributed by atoms with Gasteiger partial charge in [0.1, 0.15) is 0 Å². The van der Waals surface area contributed by atoms with E-state index in [0.717, 1.165) is 5.92 Å². The van der Waals surface area contributed by atoms with Crippen LogP contribution in [-0.2, 0) is 0 Å². The lowest BCUT2D eigenvalue weighted by Crippen LogP contribution is -2.41. The maximum atomic E-state index is 2.61. The average molecular weight is 309 g/mol. The highest BCUT2D eigenvalue weighted by molar-refractivity contribution is 4.93. The van der Waals surface area contributed by atoms with E-state index in [9.17, 15) is 0 Å². The van der Waals surface area contributed by atoms with Crippen LogP contribution in [0.5, 0.6) is 0 Å². The molecule has 0 aromatic heterocycles. The Balaban J connectivity index is 2.33. The monoisotopic (exact) mass is 308 g/mol. The van der Waals surface area contributed by atoms with Crippen LogP contribution in [-0.4, -0.2) is 0 Å². The summed E-state index contributed by atoms with van der Waals surface area (Å²) < 4.78 is 0. The van der Waals surface area contributed by atoms with Gasteiger partial charge in [0.05, 0.1) is 0 Å². The van der Waals surface area contributed by atoms with E-state index >= 15 is 0 Å². The quantitative estimate of drug-likeness (QED) is 0.377. The number of unbranched alkanes of at least 4 members (excludes halogenated alkanes) is 7. The highest BCUT2D eigenvalue weighted by Gasteiger charge is 2.43. The molecule has 132 valence electrons. The molecule has 1 rings (SSSR count). The molecule has 0 aromatic carbocycles. The van der Waals surface area contributed by atoms with Gasteiger partial charge < -0.3 is 0 Å². The molecular formula is C22H44. The maximum absolute atomic E-state index is 2.61. The minimum absolute atomic E-state index is 0.508.